The van der Waals surface area contributed by atoms with Crippen LogP contribution in [0.15, 0.2) is 34.5 Å². The minimum atomic E-state index is -0.347. The Labute approximate surface area is 146 Å². The first-order valence-corrected chi connectivity index (χ1v) is 7.99. The van der Waals surface area contributed by atoms with Gasteiger partial charge < -0.3 is 9.47 Å². The first-order valence-electron chi connectivity index (χ1n) is 7.99. The molecule has 0 aliphatic carbocycles. The maximum Gasteiger partial charge on any atom is 0.311 e. The van der Waals surface area contributed by atoms with Gasteiger partial charge in [0.2, 0.25) is 5.91 Å². The highest BCUT2D eigenvalue weighted by atomic mass is 16.5. The highest BCUT2D eigenvalue weighted by Crippen LogP contribution is 2.25. The number of methoxy groups -OCH3 is 1. The molecule has 25 heavy (non-hydrogen) atoms. The summed E-state index contributed by atoms with van der Waals surface area (Å²) in [5.74, 6) is 0.512. The molecule has 0 bridgehead atoms. The number of hydrogen-bond acceptors (Lipinski definition) is 6. The molecule has 8 heteroatoms. The lowest BCUT2D eigenvalue weighted by Crippen LogP contribution is -2.50. The quantitative estimate of drug-likeness (QED) is 0.462. The van der Waals surface area contributed by atoms with Crippen LogP contribution in [0, 0.1) is 0 Å². The molecular weight excluding hydrogens is 324 g/mol. The Bertz CT molecular complexity index is 682. The molecule has 1 aliphatic heterocycles. The normalized spacial score (nSPS) is 19.2. The van der Waals surface area contributed by atoms with Crippen molar-refractivity contribution in [1.82, 2.24) is 10.9 Å². The standard InChI is InChI=1S/C17H22N4O4/c1-4-25-16(23)9-11(2)18-20-17-14(10-15(22)19-21-17)12-5-7-13(24-3)8-6-12/h5-8,14H,4,9-10H2,1-3H3,(H,19,22)(H,20,21)/b18-11-. The van der Waals surface area contributed by atoms with Gasteiger partial charge in [0.25, 0.3) is 0 Å². The molecule has 1 fully saturated rings. The smallest absolute Gasteiger partial charge is 0.311 e. The molecule has 0 spiro atoms. The van der Waals surface area contributed by atoms with E-state index >= 15 is 0 Å². The predicted molar refractivity (Wildman–Crippen MR) is 93.4 cm³/mol. The van der Waals surface area contributed by atoms with Crippen molar-refractivity contribution in [3.05, 3.63) is 29.8 Å². The molecule has 1 saturated heterocycles. The molecule has 2 rings (SSSR count). The number of esters is 1. The van der Waals surface area contributed by atoms with Crippen LogP contribution in [-0.2, 0) is 14.3 Å². The van der Waals surface area contributed by atoms with E-state index in [1.54, 1.807) is 21.0 Å². The maximum absolute atomic E-state index is 11.7. The number of nitrogens with one attached hydrogen (secondary N) is 2. The fourth-order valence-corrected chi connectivity index (χ4v) is 2.36. The third-order valence-corrected chi connectivity index (χ3v) is 3.60. The highest BCUT2D eigenvalue weighted by molar-refractivity contribution is 6.00. The van der Waals surface area contributed by atoms with Crippen LogP contribution in [-0.4, -0.2) is 37.1 Å². The van der Waals surface area contributed by atoms with Gasteiger partial charge >= 0.3 is 5.97 Å². The molecule has 0 radical (unpaired) electrons. The van der Waals surface area contributed by atoms with Gasteiger partial charge in [0.15, 0.2) is 5.84 Å². The average molecular weight is 346 g/mol. The summed E-state index contributed by atoms with van der Waals surface area (Å²) in [6.45, 7) is 3.78. The zero-order valence-corrected chi connectivity index (χ0v) is 14.5. The lowest BCUT2D eigenvalue weighted by molar-refractivity contribution is -0.141. The molecule has 1 aromatic carbocycles. The van der Waals surface area contributed by atoms with Crippen LogP contribution in [0.5, 0.6) is 5.75 Å². The average Bonchev–Trinajstić information content (AvgIpc) is 2.61. The molecule has 1 unspecified atom stereocenters. The van der Waals surface area contributed by atoms with E-state index in [1.165, 1.54) is 0 Å². The number of carbonyl (C=O) groups is 2. The summed E-state index contributed by atoms with van der Waals surface area (Å²) in [7, 11) is 1.60. The molecule has 1 heterocycles. The molecule has 1 aliphatic rings. The summed E-state index contributed by atoms with van der Waals surface area (Å²) in [5, 5.41) is 8.24. The van der Waals surface area contributed by atoms with E-state index in [1.807, 2.05) is 24.3 Å². The molecule has 0 aromatic heterocycles. The lowest BCUT2D eigenvalue weighted by atomic mass is 9.93. The maximum atomic E-state index is 11.7. The van der Waals surface area contributed by atoms with Crippen molar-refractivity contribution in [3.8, 4) is 5.75 Å². The summed E-state index contributed by atoms with van der Waals surface area (Å²) in [4.78, 5) is 23.2. The van der Waals surface area contributed by atoms with Gasteiger partial charge in [0.05, 0.1) is 26.1 Å². The van der Waals surface area contributed by atoms with Crippen molar-refractivity contribution >= 4 is 23.4 Å². The van der Waals surface area contributed by atoms with Crippen molar-refractivity contribution in [2.24, 2.45) is 10.2 Å². The third-order valence-electron chi connectivity index (χ3n) is 3.60. The Morgan fingerprint density at radius 1 is 1.28 bits per heavy atom. The van der Waals surface area contributed by atoms with E-state index in [2.05, 4.69) is 21.1 Å². The number of carbonyl (C=O) groups excluding carboxylic acids is 2. The summed E-state index contributed by atoms with van der Waals surface area (Å²) in [5.41, 5.74) is 6.75. The highest BCUT2D eigenvalue weighted by Gasteiger charge is 2.27. The summed E-state index contributed by atoms with van der Waals surface area (Å²) < 4.78 is 10.0. The van der Waals surface area contributed by atoms with Gasteiger partial charge in [-0.2, -0.15) is 5.10 Å². The number of ether oxygens (including phenoxy) is 2. The van der Waals surface area contributed by atoms with Crippen molar-refractivity contribution in [2.45, 2.75) is 32.6 Å². The minimum absolute atomic E-state index is 0.0736. The van der Waals surface area contributed by atoms with E-state index in [0.29, 0.717) is 18.2 Å². The van der Waals surface area contributed by atoms with Crippen LogP contribution in [0.4, 0.5) is 0 Å². The van der Waals surface area contributed by atoms with Crippen LogP contribution in [0.1, 0.15) is 38.2 Å². The van der Waals surface area contributed by atoms with Gasteiger partial charge in [0.1, 0.15) is 5.75 Å². The van der Waals surface area contributed by atoms with Crippen molar-refractivity contribution in [2.75, 3.05) is 13.7 Å². The van der Waals surface area contributed by atoms with E-state index in [-0.39, 0.29) is 30.6 Å². The number of nitrogens with zero attached hydrogens (tertiary/aromatic N) is 2. The number of amides is 1. The second-order valence-electron chi connectivity index (χ2n) is 5.51. The Morgan fingerprint density at radius 3 is 2.64 bits per heavy atom. The Balaban J connectivity index is 2.17. The van der Waals surface area contributed by atoms with Crippen LogP contribution in [0.2, 0.25) is 0 Å². The number of rotatable bonds is 6. The van der Waals surface area contributed by atoms with Gasteiger partial charge in [-0.25, -0.2) is 0 Å². The summed E-state index contributed by atoms with van der Waals surface area (Å²) >= 11 is 0. The van der Waals surface area contributed by atoms with E-state index in [0.717, 1.165) is 11.3 Å². The second-order valence-corrected chi connectivity index (χ2v) is 5.51. The zero-order valence-electron chi connectivity index (χ0n) is 14.5. The topological polar surface area (TPSA) is 101 Å². The monoisotopic (exact) mass is 346 g/mol. The largest absolute Gasteiger partial charge is 0.497 e. The van der Waals surface area contributed by atoms with Gasteiger partial charge in [0, 0.05) is 12.1 Å². The van der Waals surface area contributed by atoms with Gasteiger partial charge in [-0.3, -0.25) is 20.4 Å². The van der Waals surface area contributed by atoms with E-state index < -0.39 is 0 Å². The lowest BCUT2D eigenvalue weighted by Gasteiger charge is -2.25. The van der Waals surface area contributed by atoms with Crippen molar-refractivity contribution in [1.29, 1.82) is 0 Å². The first kappa shape index (κ1) is 18.4. The minimum Gasteiger partial charge on any atom is -0.497 e. The molecule has 1 aromatic rings. The van der Waals surface area contributed by atoms with Crippen LogP contribution >= 0.6 is 0 Å². The van der Waals surface area contributed by atoms with Crippen molar-refractivity contribution in [3.63, 3.8) is 0 Å². The predicted octanol–water partition coefficient (Wildman–Crippen LogP) is 1.53. The summed E-state index contributed by atoms with van der Waals surface area (Å²) in [6.07, 6.45) is 0.328. The number of hydrogen-bond donors (Lipinski definition) is 2. The summed E-state index contributed by atoms with van der Waals surface area (Å²) in [6, 6.07) is 7.42. The molecule has 134 valence electrons. The van der Waals surface area contributed by atoms with Crippen LogP contribution < -0.4 is 15.6 Å². The first-order chi connectivity index (χ1) is 12.0. The Kier molecular flexibility index (Phi) is 6.50. The number of amidine groups is 1. The van der Waals surface area contributed by atoms with E-state index in [4.69, 9.17) is 9.47 Å². The fraction of sp³-hybridized carbons (Fsp3) is 0.412. The second kappa shape index (κ2) is 8.81. The molecule has 0 saturated carbocycles. The Hall–Kier alpha value is -2.90. The zero-order chi connectivity index (χ0) is 18.2. The van der Waals surface area contributed by atoms with Gasteiger partial charge in [-0.1, -0.05) is 12.1 Å². The number of benzene rings is 1. The van der Waals surface area contributed by atoms with Gasteiger partial charge in [-0.05, 0) is 31.5 Å². The van der Waals surface area contributed by atoms with Crippen LogP contribution in [0.3, 0.4) is 0 Å². The molecule has 8 nitrogen and oxygen atoms in total. The molecule has 1 amide bonds. The molecular formula is C17H22N4O4. The Morgan fingerprint density at radius 2 is 2.00 bits per heavy atom. The third kappa shape index (κ3) is 5.30. The number of hydrazine groups is 1. The van der Waals surface area contributed by atoms with Gasteiger partial charge in [-0.15, -0.1) is 5.10 Å². The van der Waals surface area contributed by atoms with E-state index in [9.17, 15) is 9.59 Å². The molecule has 1 atom stereocenters. The fourth-order valence-electron chi connectivity index (χ4n) is 2.36. The molecule has 2 N–H and O–H groups in total. The van der Waals surface area contributed by atoms with Crippen LogP contribution in [0.25, 0.3) is 0 Å². The van der Waals surface area contributed by atoms with Crippen molar-refractivity contribution < 1.29 is 19.1 Å². The SMILES string of the molecule is CCOC(=O)C/C(C)=N\N=C1/NNC(=O)CC1c1ccc(OC)cc1.